The number of aryl methyl sites for hydroxylation is 1. The zero-order valence-electron chi connectivity index (χ0n) is 13.2. The van der Waals surface area contributed by atoms with Gasteiger partial charge in [-0.05, 0) is 37.5 Å². The lowest BCUT2D eigenvalue weighted by Crippen LogP contribution is -2.22. The van der Waals surface area contributed by atoms with Crippen LogP contribution in [0.2, 0.25) is 0 Å². The predicted octanol–water partition coefficient (Wildman–Crippen LogP) is 3.35. The Hall–Kier alpha value is -1.61. The third-order valence-electron chi connectivity index (χ3n) is 3.88. The maximum atomic E-state index is 4.64. The molecule has 0 atom stereocenters. The second-order valence-corrected chi connectivity index (χ2v) is 5.76. The highest BCUT2D eigenvalue weighted by atomic mass is 15.3. The van der Waals surface area contributed by atoms with Crippen molar-refractivity contribution in [2.75, 3.05) is 0 Å². The Bertz CT molecular complexity index is 582. The van der Waals surface area contributed by atoms with E-state index in [0.717, 1.165) is 18.8 Å². The van der Waals surface area contributed by atoms with Gasteiger partial charge in [-0.3, -0.25) is 4.68 Å². The molecule has 1 aromatic heterocycles. The van der Waals surface area contributed by atoms with Crippen LogP contribution in [-0.2, 0) is 13.1 Å². The molecule has 20 heavy (non-hydrogen) atoms. The molecule has 0 spiro atoms. The summed E-state index contributed by atoms with van der Waals surface area (Å²) in [7, 11) is 0. The molecule has 1 N–H and O–H groups in total. The van der Waals surface area contributed by atoms with E-state index in [1.54, 1.807) is 0 Å². The molecule has 3 heteroatoms. The van der Waals surface area contributed by atoms with Crippen LogP contribution in [0.15, 0.2) is 24.3 Å². The smallest absolute Gasteiger partial charge is 0.0665 e. The molecule has 0 aliphatic heterocycles. The van der Waals surface area contributed by atoms with Gasteiger partial charge >= 0.3 is 0 Å². The molecule has 0 aliphatic carbocycles. The molecule has 0 aliphatic rings. The molecule has 0 bridgehead atoms. The largest absolute Gasteiger partial charge is 0.310 e. The van der Waals surface area contributed by atoms with Crippen molar-refractivity contribution in [2.45, 2.75) is 53.8 Å². The molecule has 0 radical (unpaired) electrons. The average Bonchev–Trinajstić information content (AvgIpc) is 2.65. The Morgan fingerprint density at radius 3 is 2.30 bits per heavy atom. The fourth-order valence-electron chi connectivity index (χ4n) is 2.30. The van der Waals surface area contributed by atoms with E-state index in [1.165, 1.54) is 22.4 Å². The Balaban J connectivity index is 2.22. The summed E-state index contributed by atoms with van der Waals surface area (Å²) in [5.41, 5.74) is 6.37. The lowest BCUT2D eigenvalue weighted by atomic mass is 10.1. The minimum Gasteiger partial charge on any atom is -0.310 e. The van der Waals surface area contributed by atoms with Gasteiger partial charge in [0.1, 0.15) is 0 Å². The van der Waals surface area contributed by atoms with Crippen molar-refractivity contribution in [2.24, 2.45) is 0 Å². The molecule has 0 saturated carbocycles. The first-order valence-electron chi connectivity index (χ1n) is 7.29. The van der Waals surface area contributed by atoms with Crippen molar-refractivity contribution in [3.63, 3.8) is 0 Å². The summed E-state index contributed by atoms with van der Waals surface area (Å²) < 4.78 is 2.11. The fourth-order valence-corrected chi connectivity index (χ4v) is 2.30. The molecule has 3 nitrogen and oxygen atoms in total. The van der Waals surface area contributed by atoms with E-state index in [0.29, 0.717) is 6.04 Å². The molecule has 2 aromatic rings. The third-order valence-corrected chi connectivity index (χ3v) is 3.88. The predicted molar refractivity (Wildman–Crippen MR) is 84.0 cm³/mol. The van der Waals surface area contributed by atoms with Crippen molar-refractivity contribution in [1.29, 1.82) is 0 Å². The van der Waals surface area contributed by atoms with Crippen LogP contribution in [0.4, 0.5) is 0 Å². The molecule has 1 aromatic carbocycles. The summed E-state index contributed by atoms with van der Waals surface area (Å²) in [6.45, 7) is 12.5. The number of nitrogens with one attached hydrogen (secondary N) is 1. The van der Waals surface area contributed by atoms with Crippen LogP contribution in [0.5, 0.6) is 0 Å². The van der Waals surface area contributed by atoms with E-state index in [2.05, 4.69) is 74.0 Å². The van der Waals surface area contributed by atoms with Gasteiger partial charge < -0.3 is 5.32 Å². The van der Waals surface area contributed by atoms with Crippen LogP contribution in [0.25, 0.3) is 0 Å². The second kappa shape index (κ2) is 6.23. The van der Waals surface area contributed by atoms with Crippen LogP contribution in [0.1, 0.15) is 41.9 Å². The van der Waals surface area contributed by atoms with E-state index in [1.807, 2.05) is 0 Å². The Morgan fingerprint density at radius 1 is 1.10 bits per heavy atom. The van der Waals surface area contributed by atoms with Crippen LogP contribution in [-0.4, -0.2) is 15.8 Å². The van der Waals surface area contributed by atoms with Gasteiger partial charge in [0, 0.05) is 18.3 Å². The van der Waals surface area contributed by atoms with Gasteiger partial charge in [0.05, 0.1) is 12.2 Å². The van der Waals surface area contributed by atoms with E-state index >= 15 is 0 Å². The molecule has 2 rings (SSSR count). The lowest BCUT2D eigenvalue weighted by Gasteiger charge is -2.13. The first-order chi connectivity index (χ1) is 9.49. The van der Waals surface area contributed by atoms with Gasteiger partial charge in [-0.1, -0.05) is 38.1 Å². The highest BCUT2D eigenvalue weighted by Crippen LogP contribution is 2.15. The second-order valence-electron chi connectivity index (χ2n) is 5.76. The van der Waals surface area contributed by atoms with Crippen molar-refractivity contribution in [3.05, 3.63) is 52.3 Å². The summed E-state index contributed by atoms with van der Waals surface area (Å²) >= 11 is 0. The molecule has 0 fully saturated rings. The van der Waals surface area contributed by atoms with Crippen molar-refractivity contribution in [1.82, 2.24) is 15.1 Å². The summed E-state index contributed by atoms with van der Waals surface area (Å²) in [6.07, 6.45) is 0. The summed E-state index contributed by atoms with van der Waals surface area (Å²) in [6, 6.07) is 9.10. The average molecular weight is 271 g/mol. The number of nitrogens with zero attached hydrogens (tertiary/aromatic N) is 2. The van der Waals surface area contributed by atoms with Gasteiger partial charge in [0.2, 0.25) is 0 Å². The third kappa shape index (κ3) is 3.28. The van der Waals surface area contributed by atoms with Crippen molar-refractivity contribution >= 4 is 0 Å². The molecule has 1 heterocycles. The molecular weight excluding hydrogens is 246 g/mol. The minimum absolute atomic E-state index is 0.499. The van der Waals surface area contributed by atoms with Crippen LogP contribution in [0.3, 0.4) is 0 Å². The highest BCUT2D eigenvalue weighted by Gasteiger charge is 2.09. The van der Waals surface area contributed by atoms with Gasteiger partial charge in [0.15, 0.2) is 0 Å². The monoisotopic (exact) mass is 271 g/mol. The lowest BCUT2D eigenvalue weighted by molar-refractivity contribution is 0.580. The maximum Gasteiger partial charge on any atom is 0.0665 e. The Kier molecular flexibility index (Phi) is 4.61. The van der Waals surface area contributed by atoms with Gasteiger partial charge in [-0.25, -0.2) is 0 Å². The van der Waals surface area contributed by atoms with Gasteiger partial charge in [0.25, 0.3) is 0 Å². The standard InChI is InChI=1S/C17H25N3/c1-12(2)18-10-16-8-6-7-9-17(16)11-20-15(5)13(3)14(4)19-20/h6-9,12,18H,10-11H2,1-5H3. The number of rotatable bonds is 5. The van der Waals surface area contributed by atoms with E-state index in [-0.39, 0.29) is 0 Å². The maximum absolute atomic E-state index is 4.64. The normalized spacial score (nSPS) is 11.3. The number of hydrogen-bond donors (Lipinski definition) is 1. The first kappa shape index (κ1) is 14.8. The molecule has 108 valence electrons. The van der Waals surface area contributed by atoms with E-state index in [9.17, 15) is 0 Å². The quantitative estimate of drug-likeness (QED) is 0.903. The topological polar surface area (TPSA) is 29.9 Å². The summed E-state index contributed by atoms with van der Waals surface area (Å²) in [5.74, 6) is 0. The number of benzene rings is 1. The SMILES string of the molecule is Cc1nn(Cc2ccccc2CNC(C)C)c(C)c1C. The van der Waals surface area contributed by atoms with E-state index in [4.69, 9.17) is 0 Å². The van der Waals surface area contributed by atoms with Crippen LogP contribution >= 0.6 is 0 Å². The van der Waals surface area contributed by atoms with Crippen molar-refractivity contribution < 1.29 is 0 Å². The highest BCUT2D eigenvalue weighted by molar-refractivity contribution is 5.29. The van der Waals surface area contributed by atoms with E-state index < -0.39 is 0 Å². The van der Waals surface area contributed by atoms with Gasteiger partial charge in [-0.15, -0.1) is 0 Å². The number of aromatic nitrogens is 2. The van der Waals surface area contributed by atoms with Crippen LogP contribution < -0.4 is 5.32 Å². The fraction of sp³-hybridized carbons (Fsp3) is 0.471. The first-order valence-corrected chi connectivity index (χ1v) is 7.29. The molecular formula is C17H25N3. The summed E-state index contributed by atoms with van der Waals surface area (Å²) in [5, 5.41) is 8.13. The Morgan fingerprint density at radius 2 is 1.75 bits per heavy atom. The Labute approximate surface area is 122 Å². The van der Waals surface area contributed by atoms with Gasteiger partial charge in [-0.2, -0.15) is 5.10 Å². The molecule has 0 amide bonds. The van der Waals surface area contributed by atoms with Crippen molar-refractivity contribution in [3.8, 4) is 0 Å². The summed E-state index contributed by atoms with van der Waals surface area (Å²) in [4.78, 5) is 0. The molecule has 0 saturated heterocycles. The van der Waals surface area contributed by atoms with Crippen LogP contribution in [0, 0.1) is 20.8 Å². The number of hydrogen-bond acceptors (Lipinski definition) is 2. The minimum atomic E-state index is 0.499. The molecule has 0 unspecified atom stereocenters. The zero-order chi connectivity index (χ0) is 14.7. The zero-order valence-corrected chi connectivity index (χ0v) is 13.2.